The summed E-state index contributed by atoms with van der Waals surface area (Å²) in [4.78, 5) is 2.12. The van der Waals surface area contributed by atoms with Crippen LogP contribution in [0.15, 0.2) is 25.3 Å². The molecule has 0 aliphatic carbocycles. The fourth-order valence-corrected chi connectivity index (χ4v) is 0.837. The predicted molar refractivity (Wildman–Crippen MR) is 58.1 cm³/mol. The van der Waals surface area contributed by atoms with Gasteiger partial charge in [-0.05, 0) is 14.0 Å². The lowest BCUT2D eigenvalue weighted by atomic mass is 10.5. The zero-order chi connectivity index (χ0) is 10.3. The molecule has 2 nitrogen and oxygen atoms in total. The largest absolute Gasteiger partial charge is 0.353 e. The van der Waals surface area contributed by atoms with E-state index >= 15 is 0 Å². The average Bonchev–Trinajstić information content (AvgIpc) is 2.67. The zero-order valence-electron chi connectivity index (χ0n) is 8.37. The Labute approximate surface area is 85.8 Å². The van der Waals surface area contributed by atoms with E-state index in [4.69, 9.17) is 11.6 Å². The first-order valence-corrected chi connectivity index (χ1v) is 4.75. The average molecular weight is 204 g/mol. The summed E-state index contributed by atoms with van der Waals surface area (Å²) in [5.74, 6) is 0. The fraction of sp³-hybridized carbons (Fsp3) is 0.600. The molecule has 0 aromatic rings. The van der Waals surface area contributed by atoms with Crippen molar-refractivity contribution in [3.05, 3.63) is 25.3 Å². The monoisotopic (exact) mass is 203 g/mol. The lowest BCUT2D eigenvalue weighted by Gasteiger charge is -2.09. The van der Waals surface area contributed by atoms with E-state index in [1.54, 1.807) is 0 Å². The van der Waals surface area contributed by atoms with Crippen molar-refractivity contribution in [3.8, 4) is 0 Å². The third-order valence-corrected chi connectivity index (χ3v) is 1.98. The molecule has 1 fully saturated rings. The van der Waals surface area contributed by atoms with E-state index < -0.39 is 0 Å². The second kappa shape index (κ2) is 7.13. The van der Waals surface area contributed by atoms with Crippen LogP contribution >= 0.6 is 11.6 Å². The molecule has 0 aromatic carbocycles. The summed E-state index contributed by atoms with van der Waals surface area (Å²) in [6, 6.07) is 0. The molecule has 76 valence electrons. The molecule has 2 atom stereocenters. The van der Waals surface area contributed by atoms with Gasteiger partial charge in [0.1, 0.15) is 0 Å². The van der Waals surface area contributed by atoms with Gasteiger partial charge in [-0.25, -0.2) is 0 Å². The second-order valence-corrected chi connectivity index (χ2v) is 3.42. The van der Waals surface area contributed by atoms with Gasteiger partial charge in [0.2, 0.25) is 0 Å². The SMILES string of the molecule is C=CCN(C)CC=C.CC1OC1Cl. The van der Waals surface area contributed by atoms with Crippen molar-refractivity contribution < 1.29 is 4.74 Å². The third-order valence-electron chi connectivity index (χ3n) is 1.52. The predicted octanol–water partition coefficient (Wildman–Crippen LogP) is 2.26. The van der Waals surface area contributed by atoms with Gasteiger partial charge in [0, 0.05) is 13.1 Å². The highest BCUT2D eigenvalue weighted by Gasteiger charge is 2.30. The van der Waals surface area contributed by atoms with Gasteiger partial charge in [-0.1, -0.05) is 23.8 Å². The van der Waals surface area contributed by atoms with Crippen LogP contribution in [0.2, 0.25) is 0 Å². The Bertz CT molecular complexity index is 145. The molecule has 3 heteroatoms. The van der Waals surface area contributed by atoms with Crippen molar-refractivity contribution in [2.45, 2.75) is 18.6 Å². The molecule has 0 bridgehead atoms. The molecule has 0 N–H and O–H groups in total. The number of nitrogens with zero attached hydrogens (tertiary/aromatic N) is 1. The molecule has 1 aliphatic rings. The number of alkyl halides is 1. The van der Waals surface area contributed by atoms with Gasteiger partial charge < -0.3 is 4.74 Å². The van der Waals surface area contributed by atoms with E-state index in [1.807, 2.05) is 26.1 Å². The lowest BCUT2D eigenvalue weighted by molar-refractivity contribution is 0.411. The van der Waals surface area contributed by atoms with E-state index in [1.165, 1.54) is 0 Å². The van der Waals surface area contributed by atoms with Crippen LogP contribution in [0.3, 0.4) is 0 Å². The van der Waals surface area contributed by atoms with Gasteiger partial charge in [-0.15, -0.1) is 13.2 Å². The molecule has 1 saturated heterocycles. The Balaban J connectivity index is 0.000000243. The number of hydrogen-bond acceptors (Lipinski definition) is 2. The molecule has 0 aromatic heterocycles. The van der Waals surface area contributed by atoms with E-state index in [2.05, 4.69) is 22.8 Å². The molecule has 0 saturated carbocycles. The first kappa shape index (κ1) is 12.7. The van der Waals surface area contributed by atoms with Crippen LogP contribution in [0.25, 0.3) is 0 Å². The smallest absolute Gasteiger partial charge is 0.157 e. The van der Waals surface area contributed by atoms with Crippen molar-refractivity contribution >= 4 is 11.6 Å². The summed E-state index contributed by atoms with van der Waals surface area (Å²) in [5, 5.41) is 0. The topological polar surface area (TPSA) is 15.8 Å². The standard InChI is InChI=1S/C7H13N.C3H5ClO/c1-4-6-8(3)7-5-2;1-2-3(4)5-2/h4-5H,1-2,6-7H2,3H3;2-3H,1H3. The maximum atomic E-state index is 5.31. The molecule has 1 rings (SSSR count). The van der Waals surface area contributed by atoms with Crippen LogP contribution in [0.1, 0.15) is 6.92 Å². The van der Waals surface area contributed by atoms with Crippen molar-refractivity contribution in [2.75, 3.05) is 20.1 Å². The summed E-state index contributed by atoms with van der Waals surface area (Å²) in [6.45, 7) is 11.0. The normalized spacial score (nSPS) is 24.6. The van der Waals surface area contributed by atoms with Crippen LogP contribution in [-0.2, 0) is 4.74 Å². The molecular weight excluding hydrogens is 186 g/mol. The summed E-state index contributed by atoms with van der Waals surface area (Å²) in [6.07, 6.45) is 4.07. The van der Waals surface area contributed by atoms with Crippen LogP contribution in [0, 0.1) is 0 Å². The third kappa shape index (κ3) is 8.03. The van der Waals surface area contributed by atoms with Gasteiger partial charge in [0.25, 0.3) is 0 Å². The quantitative estimate of drug-likeness (QED) is 0.396. The Hall–Kier alpha value is -0.310. The Morgan fingerprint density at radius 2 is 1.69 bits per heavy atom. The summed E-state index contributed by atoms with van der Waals surface area (Å²) < 4.78 is 4.68. The first-order valence-electron chi connectivity index (χ1n) is 4.31. The number of ether oxygens (including phenoxy) is 1. The highest BCUT2D eigenvalue weighted by molar-refractivity contribution is 6.21. The number of epoxide rings is 1. The number of halogens is 1. The molecule has 0 radical (unpaired) electrons. The van der Waals surface area contributed by atoms with Crippen LogP contribution < -0.4 is 0 Å². The van der Waals surface area contributed by atoms with Crippen molar-refractivity contribution in [1.29, 1.82) is 0 Å². The highest BCUT2D eigenvalue weighted by Crippen LogP contribution is 2.23. The van der Waals surface area contributed by atoms with E-state index in [9.17, 15) is 0 Å². The summed E-state index contributed by atoms with van der Waals surface area (Å²) in [7, 11) is 2.03. The maximum Gasteiger partial charge on any atom is 0.157 e. The minimum absolute atomic E-state index is 0.0231. The Kier molecular flexibility index (Phi) is 6.96. The molecule has 2 unspecified atom stereocenters. The van der Waals surface area contributed by atoms with Gasteiger partial charge in [-0.2, -0.15) is 0 Å². The molecule has 1 heterocycles. The molecule has 1 aliphatic heterocycles. The maximum absolute atomic E-state index is 5.31. The van der Waals surface area contributed by atoms with Crippen molar-refractivity contribution in [2.24, 2.45) is 0 Å². The summed E-state index contributed by atoms with van der Waals surface area (Å²) in [5.41, 5.74) is 0.0231. The molecular formula is C10H18ClNO. The second-order valence-electron chi connectivity index (χ2n) is 2.99. The van der Waals surface area contributed by atoms with Gasteiger partial charge in [0.15, 0.2) is 5.56 Å². The van der Waals surface area contributed by atoms with E-state index in [0.29, 0.717) is 6.10 Å². The highest BCUT2D eigenvalue weighted by atomic mass is 35.5. The van der Waals surface area contributed by atoms with Crippen LogP contribution in [0.5, 0.6) is 0 Å². The van der Waals surface area contributed by atoms with Crippen LogP contribution in [-0.4, -0.2) is 36.7 Å². The van der Waals surface area contributed by atoms with Gasteiger partial charge in [0.05, 0.1) is 6.10 Å². The van der Waals surface area contributed by atoms with E-state index in [-0.39, 0.29) is 5.56 Å². The Morgan fingerprint density at radius 1 is 1.38 bits per heavy atom. The molecule has 13 heavy (non-hydrogen) atoms. The van der Waals surface area contributed by atoms with Crippen molar-refractivity contribution in [1.82, 2.24) is 4.90 Å². The van der Waals surface area contributed by atoms with Crippen molar-refractivity contribution in [3.63, 3.8) is 0 Å². The minimum Gasteiger partial charge on any atom is -0.353 e. The minimum atomic E-state index is 0.0231. The van der Waals surface area contributed by atoms with Gasteiger partial charge in [-0.3, -0.25) is 4.90 Å². The number of rotatable bonds is 4. The number of hydrogen-bond donors (Lipinski definition) is 0. The first-order chi connectivity index (χ1) is 6.11. The number of likely N-dealkylation sites (N-methyl/N-ethyl adjacent to an activating group) is 1. The van der Waals surface area contributed by atoms with Gasteiger partial charge >= 0.3 is 0 Å². The molecule has 0 spiro atoms. The van der Waals surface area contributed by atoms with E-state index in [0.717, 1.165) is 13.1 Å². The zero-order valence-corrected chi connectivity index (χ0v) is 9.13. The Morgan fingerprint density at radius 3 is 1.85 bits per heavy atom. The lowest BCUT2D eigenvalue weighted by Crippen LogP contribution is -2.17. The summed E-state index contributed by atoms with van der Waals surface area (Å²) >= 11 is 5.31. The molecule has 0 amide bonds. The fourth-order valence-electron chi connectivity index (χ4n) is 0.675. The van der Waals surface area contributed by atoms with Crippen LogP contribution in [0.4, 0.5) is 0 Å².